The molecule has 0 saturated carbocycles. The van der Waals surface area contributed by atoms with Crippen LogP contribution in [0.1, 0.15) is 162 Å². The predicted octanol–water partition coefficient (Wildman–Crippen LogP) is 10.3. The smallest absolute Gasteiger partial charge is 0.305 e. The number of unbranched alkanes of at least 4 members (excludes halogenated alkanes) is 13. The number of esters is 2. The minimum absolute atomic E-state index is 0.144. The molecule has 0 aliphatic heterocycles. The molecule has 0 aromatic heterocycles. The zero-order valence-corrected chi connectivity index (χ0v) is 29.8. The van der Waals surface area contributed by atoms with Gasteiger partial charge in [-0.05, 0) is 44.4 Å². The summed E-state index contributed by atoms with van der Waals surface area (Å²) in [6, 6.07) is 0. The van der Waals surface area contributed by atoms with E-state index in [1.165, 1.54) is 64.2 Å². The third kappa shape index (κ3) is 34.7. The SMILES string of the molecule is CCCCC[C@@H](O)/C=C/C=C\C/C=C\C/C=C\CCCC(=O)OC[C@H](O)COC(=O)CCCCCCCCCCCCCC(C)C. The molecule has 0 spiro atoms. The van der Waals surface area contributed by atoms with Crippen molar-refractivity contribution in [2.45, 2.75) is 174 Å². The first-order valence-corrected chi connectivity index (χ1v) is 18.7. The van der Waals surface area contributed by atoms with Crippen LogP contribution in [0.2, 0.25) is 0 Å². The number of hydrogen-bond donors (Lipinski definition) is 2. The molecule has 0 saturated heterocycles. The van der Waals surface area contributed by atoms with Crippen molar-refractivity contribution >= 4 is 11.9 Å². The Bertz CT molecular complexity index is 813. The quantitative estimate of drug-likeness (QED) is 0.0327. The van der Waals surface area contributed by atoms with E-state index in [2.05, 4.69) is 51.2 Å². The van der Waals surface area contributed by atoms with Crippen LogP contribution in [-0.2, 0) is 19.1 Å². The minimum Gasteiger partial charge on any atom is -0.463 e. The molecule has 2 atom stereocenters. The Morgan fingerprint density at radius 1 is 0.587 bits per heavy atom. The topological polar surface area (TPSA) is 93.1 Å². The molecule has 0 fully saturated rings. The van der Waals surface area contributed by atoms with Crippen molar-refractivity contribution in [2.24, 2.45) is 5.92 Å². The lowest BCUT2D eigenvalue weighted by Crippen LogP contribution is -2.25. The standard InChI is InChI=1S/C40H70O6/c1-4-5-24-30-37(41)31-26-21-17-13-9-7-11-15-19-23-28-33-40(44)46-35-38(42)34-45-39(43)32-27-22-18-14-10-6-8-12-16-20-25-29-36(2)3/h7,9,15,17,19,21,26,31,36-38,41-42H,4-6,8,10-14,16,18,20,22-25,27-30,32-35H2,1-3H3/b9-7-,19-15-,21-17-,31-26+/t37-,38-/m1/s1. The molecule has 0 bridgehead atoms. The van der Waals surface area contributed by atoms with Gasteiger partial charge in [0.15, 0.2) is 0 Å². The van der Waals surface area contributed by atoms with Crippen LogP contribution < -0.4 is 0 Å². The third-order valence-corrected chi connectivity index (χ3v) is 7.85. The summed E-state index contributed by atoms with van der Waals surface area (Å²) in [5.74, 6) is 0.172. The number of aliphatic hydroxyl groups excluding tert-OH is 2. The summed E-state index contributed by atoms with van der Waals surface area (Å²) in [5, 5.41) is 19.8. The molecule has 0 aliphatic carbocycles. The van der Waals surface area contributed by atoms with Crippen molar-refractivity contribution in [3.8, 4) is 0 Å². The summed E-state index contributed by atoms with van der Waals surface area (Å²) in [4.78, 5) is 23.9. The van der Waals surface area contributed by atoms with E-state index in [1.54, 1.807) is 0 Å². The lowest BCUT2D eigenvalue weighted by atomic mass is 10.0. The van der Waals surface area contributed by atoms with E-state index in [0.29, 0.717) is 12.8 Å². The van der Waals surface area contributed by atoms with Crippen molar-refractivity contribution in [3.05, 3.63) is 48.6 Å². The molecule has 0 rings (SSSR count). The molecule has 266 valence electrons. The van der Waals surface area contributed by atoms with Crippen molar-refractivity contribution in [1.29, 1.82) is 0 Å². The number of ether oxygens (including phenoxy) is 2. The highest BCUT2D eigenvalue weighted by atomic mass is 16.6. The van der Waals surface area contributed by atoms with E-state index in [-0.39, 0.29) is 37.7 Å². The fourth-order valence-electron chi connectivity index (χ4n) is 4.96. The van der Waals surface area contributed by atoms with Crippen LogP contribution in [-0.4, -0.2) is 47.6 Å². The first-order chi connectivity index (χ1) is 22.3. The van der Waals surface area contributed by atoms with E-state index in [0.717, 1.165) is 63.7 Å². The highest BCUT2D eigenvalue weighted by Crippen LogP contribution is 2.14. The summed E-state index contributed by atoms with van der Waals surface area (Å²) in [6.45, 7) is 6.45. The summed E-state index contributed by atoms with van der Waals surface area (Å²) in [6.07, 6.45) is 37.8. The second-order valence-electron chi connectivity index (χ2n) is 13.0. The molecule has 0 aliphatic rings. The monoisotopic (exact) mass is 647 g/mol. The maximum atomic E-state index is 11.9. The first kappa shape index (κ1) is 43.8. The Labute approximate surface area is 282 Å². The Hall–Kier alpha value is -2.18. The van der Waals surface area contributed by atoms with Crippen LogP contribution in [0.15, 0.2) is 48.6 Å². The summed E-state index contributed by atoms with van der Waals surface area (Å²) < 4.78 is 10.3. The molecule has 0 amide bonds. The van der Waals surface area contributed by atoms with Gasteiger partial charge < -0.3 is 19.7 Å². The molecule has 0 aromatic carbocycles. The van der Waals surface area contributed by atoms with Crippen molar-refractivity contribution in [3.63, 3.8) is 0 Å². The van der Waals surface area contributed by atoms with Crippen LogP contribution in [0.3, 0.4) is 0 Å². The molecule has 6 heteroatoms. The Kier molecular flexibility index (Phi) is 32.5. The van der Waals surface area contributed by atoms with E-state index in [9.17, 15) is 19.8 Å². The summed E-state index contributed by atoms with van der Waals surface area (Å²) in [7, 11) is 0. The highest BCUT2D eigenvalue weighted by Gasteiger charge is 2.12. The van der Waals surface area contributed by atoms with E-state index >= 15 is 0 Å². The van der Waals surface area contributed by atoms with Gasteiger partial charge in [-0.25, -0.2) is 0 Å². The largest absolute Gasteiger partial charge is 0.463 e. The highest BCUT2D eigenvalue weighted by molar-refractivity contribution is 5.69. The fourth-order valence-corrected chi connectivity index (χ4v) is 4.96. The normalized spacial score (nSPS) is 13.5. The molecule has 46 heavy (non-hydrogen) atoms. The summed E-state index contributed by atoms with van der Waals surface area (Å²) in [5.41, 5.74) is 0. The Balaban J connectivity index is 3.60. The zero-order chi connectivity index (χ0) is 33.9. The van der Waals surface area contributed by atoms with E-state index in [4.69, 9.17) is 9.47 Å². The predicted molar refractivity (Wildman–Crippen MR) is 193 cm³/mol. The van der Waals surface area contributed by atoms with Crippen molar-refractivity contribution in [1.82, 2.24) is 0 Å². The summed E-state index contributed by atoms with van der Waals surface area (Å²) >= 11 is 0. The number of carbonyl (C=O) groups is 2. The van der Waals surface area contributed by atoms with Gasteiger partial charge in [0.2, 0.25) is 0 Å². The number of rotatable bonds is 32. The number of carbonyl (C=O) groups excluding carboxylic acids is 2. The molecule has 2 N–H and O–H groups in total. The second-order valence-corrected chi connectivity index (χ2v) is 13.0. The van der Waals surface area contributed by atoms with Crippen LogP contribution in [0.4, 0.5) is 0 Å². The maximum absolute atomic E-state index is 11.9. The van der Waals surface area contributed by atoms with Crippen molar-refractivity contribution in [2.75, 3.05) is 13.2 Å². The lowest BCUT2D eigenvalue weighted by molar-refractivity contribution is -0.152. The van der Waals surface area contributed by atoms with Crippen LogP contribution in [0.5, 0.6) is 0 Å². The van der Waals surface area contributed by atoms with Gasteiger partial charge in [-0.1, -0.05) is 159 Å². The van der Waals surface area contributed by atoms with Gasteiger partial charge in [0.1, 0.15) is 19.3 Å². The fraction of sp³-hybridized carbons (Fsp3) is 0.750. The first-order valence-electron chi connectivity index (χ1n) is 18.7. The Morgan fingerprint density at radius 3 is 1.67 bits per heavy atom. The van der Waals surface area contributed by atoms with Gasteiger partial charge in [0.25, 0.3) is 0 Å². The van der Waals surface area contributed by atoms with Crippen molar-refractivity contribution < 1.29 is 29.3 Å². The Morgan fingerprint density at radius 2 is 1.09 bits per heavy atom. The second kappa shape index (κ2) is 34.2. The van der Waals surface area contributed by atoms with Crippen LogP contribution in [0.25, 0.3) is 0 Å². The molecule has 0 unspecified atom stereocenters. The molecule has 0 aromatic rings. The molecular weight excluding hydrogens is 576 g/mol. The van der Waals surface area contributed by atoms with Gasteiger partial charge in [-0.2, -0.15) is 0 Å². The van der Waals surface area contributed by atoms with Crippen LogP contribution in [0, 0.1) is 5.92 Å². The average Bonchev–Trinajstić information content (AvgIpc) is 3.03. The van der Waals surface area contributed by atoms with E-state index in [1.807, 2.05) is 18.2 Å². The molecule has 0 radical (unpaired) electrons. The number of aliphatic hydroxyl groups is 2. The average molecular weight is 647 g/mol. The number of hydrogen-bond acceptors (Lipinski definition) is 6. The van der Waals surface area contributed by atoms with Gasteiger partial charge in [-0.3, -0.25) is 9.59 Å². The molecule has 6 nitrogen and oxygen atoms in total. The van der Waals surface area contributed by atoms with Gasteiger partial charge in [-0.15, -0.1) is 0 Å². The van der Waals surface area contributed by atoms with Gasteiger partial charge >= 0.3 is 11.9 Å². The minimum atomic E-state index is -0.997. The van der Waals surface area contributed by atoms with Crippen LogP contribution >= 0.6 is 0 Å². The van der Waals surface area contributed by atoms with Gasteiger partial charge in [0.05, 0.1) is 6.10 Å². The molecular formula is C40H70O6. The third-order valence-electron chi connectivity index (χ3n) is 7.85. The number of allylic oxidation sites excluding steroid dienone is 7. The van der Waals surface area contributed by atoms with E-state index < -0.39 is 6.10 Å². The van der Waals surface area contributed by atoms with Gasteiger partial charge in [0, 0.05) is 12.8 Å². The lowest BCUT2D eigenvalue weighted by Gasteiger charge is -2.12. The zero-order valence-electron chi connectivity index (χ0n) is 29.8. The molecule has 0 heterocycles. The maximum Gasteiger partial charge on any atom is 0.305 e.